The third-order valence-corrected chi connectivity index (χ3v) is 0.657. The van der Waals surface area contributed by atoms with Gasteiger partial charge in [-0.3, -0.25) is 4.53 Å². The summed E-state index contributed by atoms with van der Waals surface area (Å²) in [4.78, 5) is 0. The Kier molecular flexibility index (Phi) is 3.69. The summed E-state index contributed by atoms with van der Waals surface area (Å²) in [5.74, 6) is 0. The van der Waals surface area contributed by atoms with E-state index in [0.717, 1.165) is 5.71 Å². The van der Waals surface area contributed by atoms with Gasteiger partial charge in [0.15, 0.2) is 0 Å². The number of oxime groups is 1. The standard InChI is InChI=1S/C4H10NOSi/c1-4(2)5-6-7-3/h7H,1-3H3/q+1. The molecule has 40 valence electrons. The smallest absolute Gasteiger partial charge is 0.258 e. The number of rotatable bonds is 2. The molecular formula is C4H10NOSi+. The number of hydrogen-bond donors (Lipinski definition) is 0. The first-order valence-corrected chi connectivity index (χ1v) is 3.85. The lowest BCUT2D eigenvalue weighted by molar-refractivity contribution is 0.365. The summed E-state index contributed by atoms with van der Waals surface area (Å²) in [6, 6.07) is 0. The van der Waals surface area contributed by atoms with Crippen molar-refractivity contribution in [3.8, 4) is 0 Å². The van der Waals surface area contributed by atoms with E-state index >= 15 is 0 Å². The van der Waals surface area contributed by atoms with Crippen LogP contribution in [0.1, 0.15) is 13.8 Å². The van der Waals surface area contributed by atoms with E-state index in [1.54, 1.807) is 0 Å². The van der Waals surface area contributed by atoms with Crippen molar-refractivity contribution in [2.24, 2.45) is 5.16 Å². The van der Waals surface area contributed by atoms with Crippen molar-refractivity contribution in [2.45, 2.75) is 20.4 Å². The minimum atomic E-state index is 0.0734. The highest BCUT2D eigenvalue weighted by molar-refractivity contribution is 6.24. The Balaban J connectivity index is 3.08. The first kappa shape index (κ1) is 6.69. The molecule has 0 aliphatic heterocycles. The van der Waals surface area contributed by atoms with Gasteiger partial charge in [-0.1, -0.05) is 5.16 Å². The second kappa shape index (κ2) is 3.86. The van der Waals surface area contributed by atoms with Gasteiger partial charge in [0.05, 0.1) is 12.3 Å². The third-order valence-electron chi connectivity index (χ3n) is 0.341. The van der Waals surface area contributed by atoms with Crippen molar-refractivity contribution in [1.82, 2.24) is 0 Å². The fourth-order valence-electron chi connectivity index (χ4n) is 0.158. The highest BCUT2D eigenvalue weighted by Crippen LogP contribution is 1.74. The van der Waals surface area contributed by atoms with E-state index in [0.29, 0.717) is 0 Å². The predicted octanol–water partition coefficient (Wildman–Crippen LogP) is 0.798. The maximum absolute atomic E-state index is 4.77. The summed E-state index contributed by atoms with van der Waals surface area (Å²) in [7, 11) is 0.0734. The van der Waals surface area contributed by atoms with Crippen molar-refractivity contribution >= 4 is 15.5 Å². The van der Waals surface area contributed by atoms with E-state index in [4.69, 9.17) is 4.53 Å². The summed E-state index contributed by atoms with van der Waals surface area (Å²) in [5.41, 5.74) is 0.981. The van der Waals surface area contributed by atoms with Crippen LogP contribution in [0.4, 0.5) is 0 Å². The van der Waals surface area contributed by atoms with Crippen LogP contribution in [-0.4, -0.2) is 15.5 Å². The molecule has 0 amide bonds. The van der Waals surface area contributed by atoms with Gasteiger partial charge in [-0.05, 0) is 13.8 Å². The van der Waals surface area contributed by atoms with E-state index in [9.17, 15) is 0 Å². The Morgan fingerprint density at radius 3 is 2.29 bits per heavy atom. The molecule has 0 aliphatic carbocycles. The molecule has 0 aliphatic rings. The van der Waals surface area contributed by atoms with E-state index < -0.39 is 0 Å². The van der Waals surface area contributed by atoms with E-state index in [-0.39, 0.29) is 9.76 Å². The molecule has 0 unspecified atom stereocenters. The second-order valence-electron chi connectivity index (χ2n) is 1.38. The quantitative estimate of drug-likeness (QED) is 0.297. The van der Waals surface area contributed by atoms with Gasteiger partial charge in [0, 0.05) is 0 Å². The van der Waals surface area contributed by atoms with Crippen molar-refractivity contribution in [1.29, 1.82) is 0 Å². The Labute approximate surface area is 46.5 Å². The molecule has 0 aromatic carbocycles. The van der Waals surface area contributed by atoms with Crippen molar-refractivity contribution in [2.75, 3.05) is 0 Å². The maximum Gasteiger partial charge on any atom is 0.565 e. The molecule has 0 rings (SSSR count). The van der Waals surface area contributed by atoms with Gasteiger partial charge in [0.2, 0.25) is 0 Å². The highest BCUT2D eigenvalue weighted by atomic mass is 28.2. The van der Waals surface area contributed by atoms with Crippen LogP contribution in [0, 0.1) is 0 Å². The SMILES string of the molecule is C[SiH+]ON=C(C)C. The number of hydrogen-bond acceptors (Lipinski definition) is 2. The number of nitrogens with zero attached hydrogens (tertiary/aromatic N) is 1. The predicted molar refractivity (Wildman–Crippen MR) is 32.9 cm³/mol. The van der Waals surface area contributed by atoms with E-state index in [1.807, 2.05) is 20.4 Å². The Bertz CT molecular complexity index is 68.1. The normalized spacial score (nSPS) is 7.29. The monoisotopic (exact) mass is 116 g/mol. The zero-order valence-corrected chi connectivity index (χ0v) is 6.09. The van der Waals surface area contributed by atoms with Gasteiger partial charge < -0.3 is 0 Å². The van der Waals surface area contributed by atoms with Gasteiger partial charge in [-0.2, -0.15) is 0 Å². The highest BCUT2D eigenvalue weighted by Gasteiger charge is 1.87. The second-order valence-corrected chi connectivity index (χ2v) is 2.06. The summed E-state index contributed by atoms with van der Waals surface area (Å²) in [5, 5.41) is 3.70. The molecule has 0 saturated carbocycles. The molecule has 0 atom stereocenters. The zero-order chi connectivity index (χ0) is 5.70. The van der Waals surface area contributed by atoms with E-state index in [2.05, 4.69) is 5.16 Å². The molecule has 0 fully saturated rings. The van der Waals surface area contributed by atoms with Crippen LogP contribution in [0.25, 0.3) is 0 Å². The molecule has 0 bridgehead atoms. The fraction of sp³-hybridized carbons (Fsp3) is 0.750. The largest absolute Gasteiger partial charge is 0.565 e. The lowest BCUT2D eigenvalue weighted by Crippen LogP contribution is -1.87. The minimum absolute atomic E-state index is 0.0734. The molecule has 0 radical (unpaired) electrons. The molecule has 0 saturated heterocycles. The van der Waals surface area contributed by atoms with E-state index in [1.165, 1.54) is 0 Å². The Morgan fingerprint density at radius 2 is 2.14 bits per heavy atom. The van der Waals surface area contributed by atoms with Gasteiger partial charge >= 0.3 is 9.76 Å². The van der Waals surface area contributed by atoms with Gasteiger partial charge in [-0.15, -0.1) is 0 Å². The Morgan fingerprint density at radius 1 is 1.57 bits per heavy atom. The topological polar surface area (TPSA) is 21.6 Å². The van der Waals surface area contributed by atoms with Crippen molar-refractivity contribution < 1.29 is 4.53 Å². The fourth-order valence-corrected chi connectivity index (χ4v) is 0.474. The summed E-state index contributed by atoms with van der Waals surface area (Å²) < 4.78 is 4.77. The average molecular weight is 116 g/mol. The lowest BCUT2D eigenvalue weighted by atomic mass is 10.5. The molecule has 0 N–H and O–H groups in total. The molecule has 0 spiro atoms. The van der Waals surface area contributed by atoms with Crippen molar-refractivity contribution in [3.63, 3.8) is 0 Å². The van der Waals surface area contributed by atoms with Crippen LogP contribution >= 0.6 is 0 Å². The summed E-state index contributed by atoms with van der Waals surface area (Å²) in [6.07, 6.45) is 0. The molecule has 3 heteroatoms. The van der Waals surface area contributed by atoms with Gasteiger partial charge in [-0.25, -0.2) is 0 Å². The van der Waals surface area contributed by atoms with Crippen LogP contribution in [-0.2, 0) is 4.53 Å². The van der Waals surface area contributed by atoms with Crippen LogP contribution < -0.4 is 0 Å². The first-order valence-electron chi connectivity index (χ1n) is 2.22. The molecular weight excluding hydrogens is 106 g/mol. The van der Waals surface area contributed by atoms with Crippen molar-refractivity contribution in [3.05, 3.63) is 0 Å². The average Bonchev–Trinajstić information content (AvgIpc) is 1.61. The zero-order valence-electron chi connectivity index (χ0n) is 4.93. The minimum Gasteiger partial charge on any atom is -0.258 e. The van der Waals surface area contributed by atoms with Crippen LogP contribution in [0.15, 0.2) is 5.16 Å². The molecule has 2 nitrogen and oxygen atoms in total. The molecule has 0 heterocycles. The van der Waals surface area contributed by atoms with Gasteiger partial charge in [0.25, 0.3) is 0 Å². The van der Waals surface area contributed by atoms with Gasteiger partial charge in [0.1, 0.15) is 0 Å². The van der Waals surface area contributed by atoms with Crippen LogP contribution in [0.5, 0.6) is 0 Å². The molecule has 7 heavy (non-hydrogen) atoms. The molecule has 0 aromatic heterocycles. The maximum atomic E-state index is 4.77. The summed E-state index contributed by atoms with van der Waals surface area (Å²) in [6.45, 7) is 5.82. The third kappa shape index (κ3) is 5.69. The van der Waals surface area contributed by atoms with Crippen LogP contribution in [0.2, 0.25) is 6.55 Å². The first-order chi connectivity index (χ1) is 3.27. The molecule has 0 aromatic rings. The summed E-state index contributed by atoms with van der Waals surface area (Å²) >= 11 is 0. The Hall–Kier alpha value is -0.313. The lowest BCUT2D eigenvalue weighted by Gasteiger charge is -1.79. The van der Waals surface area contributed by atoms with Crippen LogP contribution in [0.3, 0.4) is 0 Å².